The summed E-state index contributed by atoms with van der Waals surface area (Å²) in [5, 5.41) is 0. The first-order valence-corrected chi connectivity index (χ1v) is 7.70. The van der Waals surface area contributed by atoms with E-state index in [2.05, 4.69) is 6.08 Å². The Balaban J connectivity index is 1.94. The first-order chi connectivity index (χ1) is 8.45. The Bertz CT molecular complexity index is 265. The van der Waals surface area contributed by atoms with Gasteiger partial charge in [-0.25, -0.2) is 0 Å². The molecule has 2 rings (SSSR count). The standard InChI is InChI=1S/C16H27N/c1-3-7-11-15(12-8-4-1)17-16-13-9-5-2-6-10-14-16/h11H,1-10,12-14H2. The molecule has 0 amide bonds. The van der Waals surface area contributed by atoms with Gasteiger partial charge in [-0.05, 0) is 51.4 Å². The summed E-state index contributed by atoms with van der Waals surface area (Å²) in [5.41, 5.74) is 2.90. The van der Waals surface area contributed by atoms with Crippen molar-refractivity contribution in [2.75, 3.05) is 0 Å². The lowest BCUT2D eigenvalue weighted by molar-refractivity contribution is 0.602. The van der Waals surface area contributed by atoms with Gasteiger partial charge in [0.05, 0.1) is 0 Å². The second-order valence-corrected chi connectivity index (χ2v) is 5.59. The Morgan fingerprint density at radius 3 is 2.00 bits per heavy atom. The van der Waals surface area contributed by atoms with Crippen LogP contribution in [0.25, 0.3) is 0 Å². The molecule has 17 heavy (non-hydrogen) atoms. The van der Waals surface area contributed by atoms with Gasteiger partial charge in [-0.2, -0.15) is 0 Å². The normalized spacial score (nSPS) is 24.0. The number of nitrogens with zero attached hydrogens (tertiary/aromatic N) is 1. The minimum atomic E-state index is 1.23. The van der Waals surface area contributed by atoms with E-state index in [-0.39, 0.29) is 0 Å². The van der Waals surface area contributed by atoms with E-state index in [4.69, 9.17) is 4.99 Å². The fourth-order valence-corrected chi connectivity index (χ4v) is 2.90. The maximum atomic E-state index is 4.98. The lowest BCUT2D eigenvalue weighted by Crippen LogP contribution is -2.03. The lowest BCUT2D eigenvalue weighted by atomic mass is 9.98. The fraction of sp³-hybridized carbons (Fsp3) is 0.812. The molecule has 0 saturated heterocycles. The molecule has 0 atom stereocenters. The molecule has 0 aromatic heterocycles. The number of hydrogen-bond donors (Lipinski definition) is 0. The summed E-state index contributed by atoms with van der Waals surface area (Å²) in [7, 11) is 0. The Labute approximate surface area is 106 Å². The molecule has 96 valence electrons. The predicted octanol–water partition coefficient (Wildman–Crippen LogP) is 5.41. The van der Waals surface area contributed by atoms with E-state index in [1.165, 1.54) is 94.9 Å². The molecule has 0 unspecified atom stereocenters. The molecule has 0 spiro atoms. The monoisotopic (exact) mass is 233 g/mol. The van der Waals surface area contributed by atoms with Gasteiger partial charge in [-0.1, -0.05) is 38.2 Å². The number of allylic oxidation sites excluding steroid dienone is 2. The topological polar surface area (TPSA) is 12.4 Å². The third-order valence-corrected chi connectivity index (χ3v) is 4.00. The summed E-state index contributed by atoms with van der Waals surface area (Å²) in [6.07, 6.45) is 20.0. The quantitative estimate of drug-likeness (QED) is 0.574. The number of hydrogen-bond acceptors (Lipinski definition) is 1. The predicted molar refractivity (Wildman–Crippen MR) is 75.5 cm³/mol. The molecule has 0 bridgehead atoms. The molecular formula is C16H27N. The highest BCUT2D eigenvalue weighted by Crippen LogP contribution is 2.21. The van der Waals surface area contributed by atoms with Gasteiger partial charge in [0.1, 0.15) is 0 Å². The molecule has 0 aromatic carbocycles. The molecule has 2 aliphatic carbocycles. The lowest BCUT2D eigenvalue weighted by Gasteiger charge is -2.13. The maximum absolute atomic E-state index is 4.98. The first kappa shape index (κ1) is 12.9. The molecule has 1 nitrogen and oxygen atoms in total. The van der Waals surface area contributed by atoms with Crippen LogP contribution in [-0.2, 0) is 0 Å². The van der Waals surface area contributed by atoms with E-state index < -0.39 is 0 Å². The second kappa shape index (κ2) is 7.68. The van der Waals surface area contributed by atoms with Crippen LogP contribution in [0, 0.1) is 0 Å². The van der Waals surface area contributed by atoms with Crippen LogP contribution < -0.4 is 0 Å². The largest absolute Gasteiger partial charge is 0.263 e. The van der Waals surface area contributed by atoms with Gasteiger partial charge in [0.15, 0.2) is 0 Å². The highest BCUT2D eigenvalue weighted by molar-refractivity contribution is 5.85. The summed E-state index contributed by atoms with van der Waals surface area (Å²) in [5.74, 6) is 0. The molecule has 1 heteroatoms. The zero-order valence-corrected chi connectivity index (χ0v) is 11.2. The number of rotatable bonds is 1. The average Bonchev–Trinajstić information content (AvgIpc) is 2.24. The second-order valence-electron chi connectivity index (χ2n) is 5.59. The van der Waals surface area contributed by atoms with Gasteiger partial charge in [0.25, 0.3) is 0 Å². The molecular weight excluding hydrogens is 206 g/mol. The van der Waals surface area contributed by atoms with E-state index in [9.17, 15) is 0 Å². The van der Waals surface area contributed by atoms with Crippen LogP contribution in [0.4, 0.5) is 0 Å². The Morgan fingerprint density at radius 1 is 0.647 bits per heavy atom. The third-order valence-electron chi connectivity index (χ3n) is 4.00. The maximum Gasteiger partial charge on any atom is 0.0363 e. The minimum Gasteiger partial charge on any atom is -0.263 e. The van der Waals surface area contributed by atoms with Crippen LogP contribution in [0.3, 0.4) is 0 Å². The molecule has 0 N–H and O–H groups in total. The van der Waals surface area contributed by atoms with Crippen LogP contribution in [0.1, 0.15) is 83.5 Å². The van der Waals surface area contributed by atoms with Crippen LogP contribution >= 0.6 is 0 Å². The van der Waals surface area contributed by atoms with Gasteiger partial charge in [0, 0.05) is 11.4 Å². The zero-order chi connectivity index (χ0) is 11.8. The molecule has 0 heterocycles. The van der Waals surface area contributed by atoms with Crippen LogP contribution in [0.15, 0.2) is 16.8 Å². The summed E-state index contributed by atoms with van der Waals surface area (Å²) >= 11 is 0. The highest BCUT2D eigenvalue weighted by atomic mass is 14.8. The molecule has 1 fully saturated rings. The van der Waals surface area contributed by atoms with Gasteiger partial charge in [-0.3, -0.25) is 4.99 Å². The van der Waals surface area contributed by atoms with E-state index in [0.29, 0.717) is 0 Å². The van der Waals surface area contributed by atoms with Crippen molar-refractivity contribution < 1.29 is 0 Å². The number of aliphatic imine (C=N–C) groups is 1. The van der Waals surface area contributed by atoms with Crippen molar-refractivity contribution in [3.63, 3.8) is 0 Å². The summed E-state index contributed by atoms with van der Waals surface area (Å²) in [6, 6.07) is 0. The molecule has 0 aliphatic heterocycles. The van der Waals surface area contributed by atoms with Crippen molar-refractivity contribution in [1.82, 2.24) is 0 Å². The molecule has 0 radical (unpaired) electrons. The Kier molecular flexibility index (Phi) is 5.81. The van der Waals surface area contributed by atoms with E-state index in [1.54, 1.807) is 0 Å². The fourth-order valence-electron chi connectivity index (χ4n) is 2.90. The molecule has 2 aliphatic rings. The van der Waals surface area contributed by atoms with Gasteiger partial charge in [-0.15, -0.1) is 0 Å². The van der Waals surface area contributed by atoms with E-state index in [0.717, 1.165) is 0 Å². The van der Waals surface area contributed by atoms with Gasteiger partial charge < -0.3 is 0 Å². The van der Waals surface area contributed by atoms with Gasteiger partial charge >= 0.3 is 0 Å². The summed E-state index contributed by atoms with van der Waals surface area (Å²) in [4.78, 5) is 4.98. The smallest absolute Gasteiger partial charge is 0.0363 e. The van der Waals surface area contributed by atoms with Crippen molar-refractivity contribution in [1.29, 1.82) is 0 Å². The molecule has 0 aromatic rings. The third kappa shape index (κ3) is 5.06. The van der Waals surface area contributed by atoms with Crippen LogP contribution in [0.5, 0.6) is 0 Å². The van der Waals surface area contributed by atoms with Gasteiger partial charge in [0.2, 0.25) is 0 Å². The van der Waals surface area contributed by atoms with Crippen molar-refractivity contribution in [2.45, 2.75) is 83.5 Å². The highest BCUT2D eigenvalue weighted by Gasteiger charge is 2.07. The zero-order valence-electron chi connectivity index (χ0n) is 11.2. The van der Waals surface area contributed by atoms with Crippen molar-refractivity contribution in [3.8, 4) is 0 Å². The Morgan fingerprint density at radius 2 is 1.24 bits per heavy atom. The van der Waals surface area contributed by atoms with E-state index >= 15 is 0 Å². The summed E-state index contributed by atoms with van der Waals surface area (Å²) in [6.45, 7) is 0. The van der Waals surface area contributed by atoms with Crippen LogP contribution in [-0.4, -0.2) is 5.71 Å². The van der Waals surface area contributed by atoms with Crippen molar-refractivity contribution >= 4 is 5.71 Å². The average molecular weight is 233 g/mol. The Hall–Kier alpha value is -0.590. The van der Waals surface area contributed by atoms with Crippen molar-refractivity contribution in [2.24, 2.45) is 4.99 Å². The SMILES string of the molecule is C1=C(N=C2CCCCCCC2)CCCCCC1. The first-order valence-electron chi connectivity index (χ1n) is 7.70. The van der Waals surface area contributed by atoms with Crippen molar-refractivity contribution in [3.05, 3.63) is 11.8 Å². The van der Waals surface area contributed by atoms with Crippen LogP contribution in [0.2, 0.25) is 0 Å². The van der Waals surface area contributed by atoms with E-state index in [1.807, 2.05) is 0 Å². The minimum absolute atomic E-state index is 1.23. The summed E-state index contributed by atoms with van der Waals surface area (Å²) < 4.78 is 0. The molecule has 1 saturated carbocycles.